The van der Waals surface area contributed by atoms with Gasteiger partial charge in [0, 0.05) is 36.0 Å². The number of nitrogens with one attached hydrogen (secondary N) is 2. The van der Waals surface area contributed by atoms with Crippen LogP contribution in [0.2, 0.25) is 0 Å². The van der Waals surface area contributed by atoms with E-state index in [4.69, 9.17) is 9.47 Å². The van der Waals surface area contributed by atoms with Gasteiger partial charge in [-0.3, -0.25) is 4.79 Å². The lowest BCUT2D eigenvalue weighted by Crippen LogP contribution is -2.28. The van der Waals surface area contributed by atoms with Crippen LogP contribution in [0.1, 0.15) is 34.6 Å². The van der Waals surface area contributed by atoms with Gasteiger partial charge in [-0.15, -0.1) is 0 Å². The van der Waals surface area contributed by atoms with Crippen LogP contribution >= 0.6 is 0 Å². The van der Waals surface area contributed by atoms with E-state index in [1.54, 1.807) is 32.5 Å². The molecule has 0 aliphatic heterocycles. The van der Waals surface area contributed by atoms with Crippen molar-refractivity contribution in [2.75, 3.05) is 20.8 Å². The Labute approximate surface area is 207 Å². The van der Waals surface area contributed by atoms with Crippen LogP contribution in [0.15, 0.2) is 72.9 Å². The van der Waals surface area contributed by atoms with Crippen molar-refractivity contribution in [2.24, 2.45) is 0 Å². The van der Waals surface area contributed by atoms with Crippen LogP contribution in [-0.2, 0) is 17.4 Å². The molecule has 4 aromatic rings. The molecule has 0 fully saturated rings. The fraction of sp³-hybridized carbons (Fsp3) is 0.250. The minimum Gasteiger partial charge on any atom is -0.493 e. The average molecular weight is 497 g/mol. The van der Waals surface area contributed by atoms with E-state index >= 15 is 0 Å². The Hall–Kier alpha value is -3.94. The van der Waals surface area contributed by atoms with Crippen molar-refractivity contribution >= 4 is 16.8 Å². The number of methoxy groups -OCH3 is 2. The summed E-state index contributed by atoms with van der Waals surface area (Å²) in [5, 5.41) is 3.65. The second-order valence-corrected chi connectivity index (χ2v) is 8.42. The van der Waals surface area contributed by atoms with Crippen molar-refractivity contribution in [2.45, 2.75) is 24.9 Å². The lowest BCUT2D eigenvalue weighted by Gasteiger charge is -2.21. The molecule has 4 rings (SSSR count). The van der Waals surface area contributed by atoms with Crippen LogP contribution in [-0.4, -0.2) is 31.7 Å². The number of alkyl halides is 3. The summed E-state index contributed by atoms with van der Waals surface area (Å²) in [7, 11) is 3.10. The number of fused-ring (bicyclic) bond motifs is 1. The lowest BCUT2D eigenvalue weighted by atomic mass is 9.85. The molecule has 188 valence electrons. The maximum absolute atomic E-state index is 13.9. The van der Waals surface area contributed by atoms with Gasteiger partial charge in [-0.25, -0.2) is 0 Å². The van der Waals surface area contributed by atoms with E-state index in [0.717, 1.165) is 22.5 Å². The van der Waals surface area contributed by atoms with Crippen molar-refractivity contribution in [1.29, 1.82) is 0 Å². The molecule has 0 saturated carbocycles. The smallest absolute Gasteiger partial charge is 0.416 e. The molecule has 1 amide bonds. The summed E-state index contributed by atoms with van der Waals surface area (Å²) in [5.74, 6) is 0.0856. The number of para-hydroxylation sites is 1. The molecule has 8 heteroatoms. The normalized spacial score (nSPS) is 12.4. The summed E-state index contributed by atoms with van der Waals surface area (Å²) in [4.78, 5) is 16.1. The van der Waals surface area contributed by atoms with Crippen molar-refractivity contribution in [3.63, 3.8) is 0 Å². The van der Waals surface area contributed by atoms with Gasteiger partial charge < -0.3 is 19.8 Å². The Morgan fingerprint density at radius 3 is 2.42 bits per heavy atom. The van der Waals surface area contributed by atoms with Crippen LogP contribution in [0.4, 0.5) is 13.2 Å². The maximum Gasteiger partial charge on any atom is 0.416 e. The number of amides is 1. The van der Waals surface area contributed by atoms with Crippen LogP contribution in [0.25, 0.3) is 10.9 Å². The molecule has 3 aromatic carbocycles. The molecule has 0 aliphatic carbocycles. The van der Waals surface area contributed by atoms with Crippen LogP contribution in [0, 0.1) is 0 Å². The molecule has 0 radical (unpaired) electrons. The zero-order valence-electron chi connectivity index (χ0n) is 20.0. The topological polar surface area (TPSA) is 63.3 Å². The van der Waals surface area contributed by atoms with E-state index in [1.165, 1.54) is 12.1 Å². The first-order valence-corrected chi connectivity index (χ1v) is 11.5. The molecule has 0 spiro atoms. The Kier molecular flexibility index (Phi) is 7.52. The Balaban J connectivity index is 1.56. The first-order chi connectivity index (χ1) is 17.3. The van der Waals surface area contributed by atoms with E-state index < -0.39 is 17.7 Å². The number of hydrogen-bond acceptors (Lipinski definition) is 3. The van der Waals surface area contributed by atoms with E-state index in [0.29, 0.717) is 30.0 Å². The number of halogens is 3. The number of hydrogen-bond donors (Lipinski definition) is 2. The van der Waals surface area contributed by atoms with Gasteiger partial charge in [-0.05, 0) is 47.4 Å². The Morgan fingerprint density at radius 2 is 1.67 bits per heavy atom. The maximum atomic E-state index is 13.9. The van der Waals surface area contributed by atoms with Crippen molar-refractivity contribution in [1.82, 2.24) is 10.3 Å². The molecule has 2 N–H and O–H groups in total. The van der Waals surface area contributed by atoms with E-state index in [9.17, 15) is 18.0 Å². The van der Waals surface area contributed by atoms with Gasteiger partial charge >= 0.3 is 6.18 Å². The zero-order valence-corrected chi connectivity index (χ0v) is 20.0. The van der Waals surface area contributed by atoms with Gasteiger partial charge in [0.15, 0.2) is 11.5 Å². The summed E-state index contributed by atoms with van der Waals surface area (Å²) >= 11 is 0. The third-order valence-corrected chi connectivity index (χ3v) is 6.21. The molecule has 0 aliphatic rings. The SMILES string of the molecule is COc1ccc(CCNC(=O)C[C@@H](c2ccccc2C(F)(F)F)c2c[nH]c3ccccc23)cc1OC. The van der Waals surface area contributed by atoms with Crippen molar-refractivity contribution < 1.29 is 27.4 Å². The standard InChI is InChI=1S/C28H27F3N2O3/c1-35-25-12-11-18(15-26(25)36-2)13-14-32-27(34)16-21(19-7-3-5-9-23(19)28(29,30)31)22-17-33-24-10-6-4-8-20(22)24/h3-12,15,17,21,33H,13-14,16H2,1-2H3,(H,32,34)/t21-/m0/s1. The van der Waals surface area contributed by atoms with Gasteiger partial charge in [0.05, 0.1) is 19.8 Å². The van der Waals surface area contributed by atoms with Gasteiger partial charge in [-0.1, -0.05) is 42.5 Å². The van der Waals surface area contributed by atoms with Crippen molar-refractivity contribution in [3.8, 4) is 11.5 Å². The molecule has 0 saturated heterocycles. The number of benzene rings is 3. The third-order valence-electron chi connectivity index (χ3n) is 6.21. The summed E-state index contributed by atoms with van der Waals surface area (Å²) in [6, 6.07) is 18.3. The molecular weight excluding hydrogens is 469 g/mol. The second kappa shape index (κ2) is 10.8. The number of carbonyl (C=O) groups excluding carboxylic acids is 1. The Bertz CT molecular complexity index is 1350. The number of H-pyrrole nitrogens is 1. The van der Waals surface area contributed by atoms with E-state index in [1.807, 2.05) is 36.4 Å². The third kappa shape index (κ3) is 5.48. The highest BCUT2D eigenvalue weighted by Crippen LogP contribution is 2.40. The predicted molar refractivity (Wildman–Crippen MR) is 132 cm³/mol. The molecule has 0 bridgehead atoms. The zero-order chi connectivity index (χ0) is 25.7. The summed E-state index contributed by atoms with van der Waals surface area (Å²) in [6.07, 6.45) is -2.44. The van der Waals surface area contributed by atoms with Crippen molar-refractivity contribution in [3.05, 3.63) is 95.2 Å². The summed E-state index contributed by atoms with van der Waals surface area (Å²) < 4.78 is 52.2. The second-order valence-electron chi connectivity index (χ2n) is 8.42. The molecule has 1 atom stereocenters. The highest BCUT2D eigenvalue weighted by Gasteiger charge is 2.36. The van der Waals surface area contributed by atoms with E-state index in [2.05, 4.69) is 10.3 Å². The van der Waals surface area contributed by atoms with Gasteiger partial charge in [0.25, 0.3) is 0 Å². The molecule has 0 unspecified atom stereocenters. The molecule has 1 heterocycles. The van der Waals surface area contributed by atoms with E-state index in [-0.39, 0.29) is 17.9 Å². The quantitative estimate of drug-likeness (QED) is 0.295. The minimum atomic E-state index is -4.54. The molecular formula is C28H27F3N2O3. The first kappa shape index (κ1) is 25.2. The van der Waals surface area contributed by atoms with Crippen LogP contribution in [0.3, 0.4) is 0 Å². The summed E-state index contributed by atoms with van der Waals surface area (Å²) in [6.45, 7) is 0.329. The van der Waals surface area contributed by atoms with Gasteiger partial charge in [0.1, 0.15) is 0 Å². The number of ether oxygens (including phenoxy) is 2. The largest absolute Gasteiger partial charge is 0.493 e. The highest BCUT2D eigenvalue weighted by atomic mass is 19.4. The molecule has 5 nitrogen and oxygen atoms in total. The number of aromatic nitrogens is 1. The first-order valence-electron chi connectivity index (χ1n) is 11.5. The highest BCUT2D eigenvalue weighted by molar-refractivity contribution is 5.86. The number of carbonyl (C=O) groups is 1. The van der Waals surface area contributed by atoms with Gasteiger partial charge in [-0.2, -0.15) is 13.2 Å². The molecule has 36 heavy (non-hydrogen) atoms. The monoisotopic (exact) mass is 496 g/mol. The lowest BCUT2D eigenvalue weighted by molar-refractivity contribution is -0.138. The predicted octanol–water partition coefficient (Wildman–Crippen LogP) is 6.08. The minimum absolute atomic E-state index is 0.0739. The number of rotatable bonds is 9. The Morgan fingerprint density at radius 1 is 0.944 bits per heavy atom. The summed E-state index contributed by atoms with van der Waals surface area (Å²) in [5.41, 5.74) is 1.72. The fourth-order valence-corrected chi connectivity index (χ4v) is 4.47. The molecule has 1 aromatic heterocycles. The van der Waals surface area contributed by atoms with Crippen LogP contribution in [0.5, 0.6) is 11.5 Å². The number of aromatic amines is 1. The fourth-order valence-electron chi connectivity index (χ4n) is 4.47. The average Bonchev–Trinajstić information content (AvgIpc) is 3.30. The van der Waals surface area contributed by atoms with Gasteiger partial charge in [0.2, 0.25) is 5.91 Å². The van der Waals surface area contributed by atoms with Crippen LogP contribution < -0.4 is 14.8 Å².